The Morgan fingerprint density at radius 3 is 2.05 bits per heavy atom. The fourth-order valence-corrected chi connectivity index (χ4v) is 2.59. The van der Waals surface area contributed by atoms with Crippen LogP contribution in [0.25, 0.3) is 0 Å². The van der Waals surface area contributed by atoms with Crippen molar-refractivity contribution in [3.63, 3.8) is 0 Å². The van der Waals surface area contributed by atoms with E-state index in [0.29, 0.717) is 0 Å². The number of aryl methyl sites for hydroxylation is 2. The molecule has 0 bridgehead atoms. The molecule has 0 fully saturated rings. The lowest BCUT2D eigenvalue weighted by atomic mass is 10.1. The molecule has 2 heteroatoms. The van der Waals surface area contributed by atoms with Crippen LogP contribution in [-0.2, 0) is 12.8 Å². The molecule has 118 valence electrons. The van der Waals surface area contributed by atoms with Crippen LogP contribution in [0, 0.1) is 5.82 Å². The Morgan fingerprint density at radius 2 is 1.27 bits per heavy atom. The van der Waals surface area contributed by atoms with E-state index < -0.39 is 0 Å². The number of rotatable bonds is 10. The second-order valence-electron chi connectivity index (χ2n) is 5.78. The van der Waals surface area contributed by atoms with Gasteiger partial charge in [0.15, 0.2) is 0 Å². The summed E-state index contributed by atoms with van der Waals surface area (Å²) in [6.45, 7) is 2.19. The van der Waals surface area contributed by atoms with Gasteiger partial charge >= 0.3 is 0 Å². The minimum atomic E-state index is -0.150. The van der Waals surface area contributed by atoms with Crippen molar-refractivity contribution >= 4 is 0 Å². The van der Waals surface area contributed by atoms with Gasteiger partial charge in [-0.1, -0.05) is 48.9 Å². The van der Waals surface area contributed by atoms with Gasteiger partial charge in [-0.3, -0.25) is 0 Å². The van der Waals surface area contributed by atoms with Gasteiger partial charge in [0.2, 0.25) is 0 Å². The van der Waals surface area contributed by atoms with Gasteiger partial charge in [0.25, 0.3) is 0 Å². The molecule has 0 amide bonds. The molecule has 0 aliphatic carbocycles. The molecule has 2 aromatic rings. The molecule has 1 nitrogen and oxygen atoms in total. The van der Waals surface area contributed by atoms with Crippen molar-refractivity contribution in [2.24, 2.45) is 0 Å². The van der Waals surface area contributed by atoms with Crippen LogP contribution in [0.4, 0.5) is 4.39 Å². The van der Waals surface area contributed by atoms with Gasteiger partial charge < -0.3 is 5.32 Å². The molecular formula is C20H26FN. The van der Waals surface area contributed by atoms with E-state index in [0.717, 1.165) is 25.9 Å². The molecule has 0 spiro atoms. The summed E-state index contributed by atoms with van der Waals surface area (Å²) in [5.41, 5.74) is 2.65. The SMILES string of the molecule is Fc1ccc(CCCCCNCCCc2ccccc2)cc1. The highest BCUT2D eigenvalue weighted by Gasteiger charge is 1.96. The lowest BCUT2D eigenvalue weighted by Crippen LogP contribution is -2.17. The third-order valence-electron chi connectivity index (χ3n) is 3.89. The van der Waals surface area contributed by atoms with Crippen LogP contribution in [0.2, 0.25) is 0 Å². The van der Waals surface area contributed by atoms with Gasteiger partial charge in [-0.15, -0.1) is 0 Å². The van der Waals surface area contributed by atoms with E-state index in [9.17, 15) is 4.39 Å². The lowest BCUT2D eigenvalue weighted by Gasteiger charge is -2.05. The molecule has 0 aliphatic heterocycles. The molecule has 0 atom stereocenters. The maximum absolute atomic E-state index is 12.8. The van der Waals surface area contributed by atoms with Crippen molar-refractivity contribution < 1.29 is 4.39 Å². The normalized spacial score (nSPS) is 10.8. The molecule has 0 saturated heterocycles. The third-order valence-corrected chi connectivity index (χ3v) is 3.89. The zero-order chi connectivity index (χ0) is 15.5. The summed E-state index contributed by atoms with van der Waals surface area (Å²) in [5.74, 6) is -0.150. The third kappa shape index (κ3) is 6.86. The van der Waals surface area contributed by atoms with Gasteiger partial charge in [0.05, 0.1) is 0 Å². The van der Waals surface area contributed by atoms with Crippen LogP contribution in [-0.4, -0.2) is 13.1 Å². The van der Waals surface area contributed by atoms with Crippen molar-refractivity contribution in [1.29, 1.82) is 0 Å². The van der Waals surface area contributed by atoms with E-state index >= 15 is 0 Å². The topological polar surface area (TPSA) is 12.0 Å². The van der Waals surface area contributed by atoms with Crippen LogP contribution in [0.5, 0.6) is 0 Å². The molecule has 0 aromatic heterocycles. The highest BCUT2D eigenvalue weighted by molar-refractivity contribution is 5.16. The van der Waals surface area contributed by atoms with Crippen LogP contribution < -0.4 is 5.32 Å². The van der Waals surface area contributed by atoms with Crippen molar-refractivity contribution in [2.45, 2.75) is 38.5 Å². The molecule has 0 unspecified atom stereocenters. The zero-order valence-corrected chi connectivity index (χ0v) is 13.2. The van der Waals surface area contributed by atoms with Gasteiger partial charge in [-0.2, -0.15) is 0 Å². The van der Waals surface area contributed by atoms with Crippen molar-refractivity contribution in [2.75, 3.05) is 13.1 Å². The second kappa shape index (κ2) is 10.1. The molecule has 22 heavy (non-hydrogen) atoms. The Labute approximate surface area is 133 Å². The second-order valence-corrected chi connectivity index (χ2v) is 5.78. The Balaban J connectivity index is 1.42. The van der Waals surface area contributed by atoms with Crippen LogP contribution >= 0.6 is 0 Å². The lowest BCUT2D eigenvalue weighted by molar-refractivity contribution is 0.588. The largest absolute Gasteiger partial charge is 0.317 e. The number of benzene rings is 2. The predicted molar refractivity (Wildman–Crippen MR) is 91.6 cm³/mol. The Morgan fingerprint density at radius 1 is 0.636 bits per heavy atom. The molecule has 0 aliphatic rings. The van der Waals surface area contributed by atoms with Gasteiger partial charge in [0, 0.05) is 0 Å². The fraction of sp³-hybridized carbons (Fsp3) is 0.400. The van der Waals surface area contributed by atoms with Gasteiger partial charge in [-0.05, 0) is 68.5 Å². The molecule has 2 aromatic carbocycles. The van der Waals surface area contributed by atoms with Gasteiger partial charge in [-0.25, -0.2) is 4.39 Å². The fourth-order valence-electron chi connectivity index (χ4n) is 2.59. The maximum Gasteiger partial charge on any atom is 0.123 e. The average Bonchev–Trinajstić information content (AvgIpc) is 2.56. The van der Waals surface area contributed by atoms with E-state index in [1.165, 1.54) is 36.8 Å². The summed E-state index contributed by atoms with van der Waals surface area (Å²) in [5, 5.41) is 3.51. The quantitative estimate of drug-likeness (QED) is 0.624. The summed E-state index contributed by atoms with van der Waals surface area (Å²) in [6.07, 6.45) is 7.01. The van der Waals surface area contributed by atoms with Crippen LogP contribution in [0.15, 0.2) is 54.6 Å². The first-order valence-corrected chi connectivity index (χ1v) is 8.34. The molecule has 1 N–H and O–H groups in total. The first-order chi connectivity index (χ1) is 10.8. The smallest absolute Gasteiger partial charge is 0.123 e. The first kappa shape index (κ1) is 16.7. The molecule has 0 saturated carbocycles. The van der Waals surface area contributed by atoms with E-state index in [2.05, 4.69) is 35.6 Å². The highest BCUT2D eigenvalue weighted by Crippen LogP contribution is 2.08. The van der Waals surface area contributed by atoms with E-state index in [1.54, 1.807) is 12.1 Å². The summed E-state index contributed by atoms with van der Waals surface area (Å²) in [4.78, 5) is 0. The van der Waals surface area contributed by atoms with E-state index in [1.807, 2.05) is 12.1 Å². The maximum atomic E-state index is 12.8. The molecule has 0 radical (unpaired) electrons. The monoisotopic (exact) mass is 299 g/mol. The van der Waals surface area contributed by atoms with Crippen LogP contribution in [0.1, 0.15) is 36.8 Å². The van der Waals surface area contributed by atoms with Crippen molar-refractivity contribution in [3.8, 4) is 0 Å². The number of nitrogens with one attached hydrogen (secondary N) is 1. The standard InChI is InChI=1S/C20H26FN/c21-20-14-12-19(13-15-20)10-5-2-6-16-22-17-7-11-18-8-3-1-4-9-18/h1,3-4,8-9,12-15,22H,2,5-7,10-11,16-17H2. The molecular weight excluding hydrogens is 273 g/mol. The predicted octanol–water partition coefficient (Wildman–Crippen LogP) is 4.76. The van der Waals surface area contributed by atoms with Gasteiger partial charge in [0.1, 0.15) is 5.82 Å². The minimum Gasteiger partial charge on any atom is -0.317 e. The summed E-state index contributed by atoms with van der Waals surface area (Å²) in [6, 6.07) is 17.5. The van der Waals surface area contributed by atoms with Crippen molar-refractivity contribution in [3.05, 3.63) is 71.5 Å². The minimum absolute atomic E-state index is 0.150. The zero-order valence-electron chi connectivity index (χ0n) is 13.2. The first-order valence-electron chi connectivity index (χ1n) is 8.34. The Hall–Kier alpha value is -1.67. The highest BCUT2D eigenvalue weighted by atomic mass is 19.1. The molecule has 2 rings (SSSR count). The number of hydrogen-bond donors (Lipinski definition) is 1. The molecule has 0 heterocycles. The number of unbranched alkanes of at least 4 members (excludes halogenated alkanes) is 2. The average molecular weight is 299 g/mol. The summed E-state index contributed by atoms with van der Waals surface area (Å²) in [7, 11) is 0. The van der Waals surface area contributed by atoms with E-state index in [4.69, 9.17) is 0 Å². The van der Waals surface area contributed by atoms with Crippen molar-refractivity contribution in [1.82, 2.24) is 5.32 Å². The number of halogens is 1. The summed E-state index contributed by atoms with van der Waals surface area (Å²) < 4.78 is 12.8. The van der Waals surface area contributed by atoms with E-state index in [-0.39, 0.29) is 5.82 Å². The Bertz CT molecular complexity index is 507. The Kier molecular flexibility index (Phi) is 7.68. The number of hydrogen-bond acceptors (Lipinski definition) is 1. The van der Waals surface area contributed by atoms with Crippen LogP contribution in [0.3, 0.4) is 0 Å². The summed E-state index contributed by atoms with van der Waals surface area (Å²) >= 11 is 0.